The molecule has 2 aliphatic rings. The minimum atomic E-state index is -2.56. The van der Waals surface area contributed by atoms with Crippen molar-refractivity contribution in [3.05, 3.63) is 54.1 Å². The summed E-state index contributed by atoms with van der Waals surface area (Å²) in [5.41, 5.74) is 5.91. The molecule has 1 fully saturated rings. The highest BCUT2D eigenvalue weighted by atomic mass is 16.3. The van der Waals surface area contributed by atoms with E-state index in [1.54, 1.807) is 36.4 Å². The van der Waals surface area contributed by atoms with Crippen LogP contribution in [0.2, 0.25) is 0 Å². The van der Waals surface area contributed by atoms with Crippen LogP contribution >= 0.6 is 0 Å². The minimum Gasteiger partial charge on any atom is -0.508 e. The van der Waals surface area contributed by atoms with Crippen LogP contribution in [0.5, 0.6) is 5.75 Å². The molecule has 1 saturated carbocycles. The van der Waals surface area contributed by atoms with E-state index in [4.69, 9.17) is 5.73 Å². The van der Waals surface area contributed by atoms with Crippen LogP contribution in [-0.2, 0) is 25.6 Å². The minimum absolute atomic E-state index is 0.0103. The van der Waals surface area contributed by atoms with E-state index in [-0.39, 0.29) is 55.3 Å². The molecule has 4 N–H and O–H groups in total. The Bertz CT molecular complexity index is 1250. The number of amides is 3. The van der Waals surface area contributed by atoms with Gasteiger partial charge in [-0.1, -0.05) is 64.8 Å². The molecule has 1 atom stereocenters. The Morgan fingerprint density at radius 1 is 0.905 bits per heavy atom. The first-order valence-electron chi connectivity index (χ1n) is 15.0. The zero-order chi connectivity index (χ0) is 30.6. The molecule has 0 aromatic heterocycles. The molecule has 1 heterocycles. The van der Waals surface area contributed by atoms with Gasteiger partial charge in [-0.3, -0.25) is 19.2 Å². The average molecular weight is 577 g/mol. The Hall–Kier alpha value is -3.72. The van der Waals surface area contributed by atoms with Crippen LogP contribution in [0.4, 0.5) is 11.4 Å². The Balaban J connectivity index is 1.78. The van der Waals surface area contributed by atoms with Crippen molar-refractivity contribution in [3.8, 4) is 5.75 Å². The molecule has 0 radical (unpaired) electrons. The smallest absolute Gasteiger partial charge is 0.264 e. The highest BCUT2D eigenvalue weighted by Crippen LogP contribution is 2.37. The van der Waals surface area contributed by atoms with Crippen LogP contribution in [0.25, 0.3) is 0 Å². The lowest BCUT2D eigenvalue weighted by Gasteiger charge is -2.34. The van der Waals surface area contributed by atoms with Gasteiger partial charge in [0.2, 0.25) is 11.4 Å². The lowest BCUT2D eigenvalue weighted by atomic mass is 9.84. The molecule has 0 unspecified atom stereocenters. The lowest BCUT2D eigenvalue weighted by molar-refractivity contribution is -0.144. The summed E-state index contributed by atoms with van der Waals surface area (Å²) < 4.78 is 0. The third-order valence-corrected chi connectivity index (χ3v) is 8.09. The van der Waals surface area contributed by atoms with Crippen molar-refractivity contribution in [2.45, 2.75) is 77.8 Å². The molecule has 0 spiro atoms. The largest absolute Gasteiger partial charge is 0.508 e. The SMILES string of the molecule is CC(C)CN1C(=O)C(N)(C(=O)[C@H](Cc2ccc(O)cc2)NC(=O)CC2CCCC2)C(=O)N(CC(C)C)c2ccccc21. The number of hydrogen-bond donors (Lipinski definition) is 3. The zero-order valence-corrected chi connectivity index (χ0v) is 25.1. The van der Waals surface area contributed by atoms with Gasteiger partial charge in [0.05, 0.1) is 17.4 Å². The van der Waals surface area contributed by atoms with Gasteiger partial charge < -0.3 is 26.0 Å². The summed E-state index contributed by atoms with van der Waals surface area (Å²) in [5, 5.41) is 12.6. The molecule has 9 heteroatoms. The van der Waals surface area contributed by atoms with E-state index in [0.717, 1.165) is 25.7 Å². The maximum absolute atomic E-state index is 14.6. The molecule has 0 saturated heterocycles. The quantitative estimate of drug-likeness (QED) is 0.347. The Labute approximate surface area is 248 Å². The number of fused-ring (bicyclic) bond motifs is 1. The lowest BCUT2D eigenvalue weighted by Crippen LogP contribution is -2.72. The summed E-state index contributed by atoms with van der Waals surface area (Å²) in [5.74, 6) is -2.42. The van der Waals surface area contributed by atoms with Crippen molar-refractivity contribution < 1.29 is 24.3 Å². The second-order valence-electron chi connectivity index (χ2n) is 12.6. The zero-order valence-electron chi connectivity index (χ0n) is 25.1. The number of benzene rings is 2. The van der Waals surface area contributed by atoms with E-state index >= 15 is 0 Å². The number of nitrogens with two attached hydrogens (primary N) is 1. The normalized spacial score (nSPS) is 17.9. The van der Waals surface area contributed by atoms with Gasteiger partial charge in [-0.25, -0.2) is 0 Å². The fraction of sp³-hybridized carbons (Fsp3) is 0.515. The van der Waals surface area contributed by atoms with E-state index in [1.807, 2.05) is 27.7 Å². The Morgan fingerprint density at radius 2 is 1.40 bits per heavy atom. The molecule has 1 aliphatic heterocycles. The van der Waals surface area contributed by atoms with Crippen LogP contribution in [0.1, 0.15) is 65.4 Å². The topological polar surface area (TPSA) is 133 Å². The van der Waals surface area contributed by atoms with Gasteiger partial charge in [0, 0.05) is 19.5 Å². The van der Waals surface area contributed by atoms with Crippen molar-refractivity contribution in [2.24, 2.45) is 23.5 Å². The molecular formula is C33H44N4O5. The first-order valence-corrected chi connectivity index (χ1v) is 15.0. The van der Waals surface area contributed by atoms with Crippen LogP contribution in [-0.4, -0.2) is 53.3 Å². The van der Waals surface area contributed by atoms with Gasteiger partial charge in [0.25, 0.3) is 11.8 Å². The predicted octanol–water partition coefficient (Wildman–Crippen LogP) is 3.96. The number of carbonyl (C=O) groups excluding carboxylic acids is 4. The standard InChI is InChI=1S/C33H44N4O5/c1-21(2)19-36-27-11-7-8-12-28(27)37(20-22(3)4)32(42)33(34,31(36)41)30(40)26(17-24-13-15-25(38)16-14-24)35-29(39)18-23-9-5-6-10-23/h7-8,11-16,21-23,26,38H,5-6,9-10,17-20,34H2,1-4H3,(H,35,39)/t26-/m0/s1. The first kappa shape index (κ1) is 31.2. The van der Waals surface area contributed by atoms with E-state index < -0.39 is 29.2 Å². The van der Waals surface area contributed by atoms with E-state index in [1.165, 1.54) is 21.9 Å². The van der Waals surface area contributed by atoms with Gasteiger partial charge in [0.15, 0.2) is 5.78 Å². The van der Waals surface area contributed by atoms with Crippen molar-refractivity contribution in [3.63, 3.8) is 0 Å². The first-order chi connectivity index (χ1) is 19.9. The average Bonchev–Trinajstić information content (AvgIpc) is 3.44. The fourth-order valence-electron chi connectivity index (χ4n) is 6.04. The number of nitrogens with one attached hydrogen (secondary N) is 1. The number of aromatic hydroxyl groups is 1. The van der Waals surface area contributed by atoms with Gasteiger partial charge in [-0.15, -0.1) is 0 Å². The number of nitrogens with zero attached hydrogens (tertiary/aromatic N) is 2. The summed E-state index contributed by atoms with van der Waals surface area (Å²) in [4.78, 5) is 59.5. The third kappa shape index (κ3) is 6.67. The molecule has 0 bridgehead atoms. The Kier molecular flexibility index (Phi) is 9.71. The van der Waals surface area contributed by atoms with Crippen molar-refractivity contribution in [1.29, 1.82) is 0 Å². The number of phenolic OH excluding ortho intramolecular Hbond substituents is 1. The van der Waals surface area contributed by atoms with Crippen molar-refractivity contribution in [1.82, 2.24) is 5.32 Å². The number of para-hydroxylation sites is 2. The number of Topliss-reactive ketones (excluding diaryl/α,β-unsaturated/α-hetero) is 1. The summed E-state index contributed by atoms with van der Waals surface area (Å²) in [6, 6.07) is 12.2. The van der Waals surface area contributed by atoms with Crippen LogP contribution in [0, 0.1) is 17.8 Å². The van der Waals surface area contributed by atoms with Gasteiger partial charge in [-0.2, -0.15) is 0 Å². The van der Waals surface area contributed by atoms with Gasteiger partial charge >= 0.3 is 0 Å². The molecule has 4 rings (SSSR count). The molecule has 2 aromatic carbocycles. The number of hydrogen-bond acceptors (Lipinski definition) is 6. The number of phenols is 1. The predicted molar refractivity (Wildman–Crippen MR) is 163 cm³/mol. The monoisotopic (exact) mass is 576 g/mol. The van der Waals surface area contributed by atoms with Crippen molar-refractivity contribution >= 4 is 34.9 Å². The molecule has 1 aliphatic carbocycles. The number of anilines is 2. The van der Waals surface area contributed by atoms with Crippen LogP contribution in [0.3, 0.4) is 0 Å². The maximum atomic E-state index is 14.6. The maximum Gasteiger partial charge on any atom is 0.264 e. The number of ketones is 1. The van der Waals surface area contributed by atoms with E-state index in [9.17, 15) is 24.3 Å². The third-order valence-electron chi connectivity index (χ3n) is 8.09. The summed E-state index contributed by atoms with van der Waals surface area (Å²) in [7, 11) is 0. The van der Waals surface area contributed by atoms with E-state index in [2.05, 4.69) is 5.32 Å². The Morgan fingerprint density at radius 3 is 1.88 bits per heavy atom. The molecule has 42 heavy (non-hydrogen) atoms. The van der Waals surface area contributed by atoms with E-state index in [0.29, 0.717) is 16.9 Å². The highest BCUT2D eigenvalue weighted by Gasteiger charge is 2.57. The van der Waals surface area contributed by atoms with Crippen LogP contribution in [0.15, 0.2) is 48.5 Å². The van der Waals surface area contributed by atoms with Gasteiger partial charge in [0.1, 0.15) is 5.75 Å². The number of rotatable bonds is 11. The fourth-order valence-corrected chi connectivity index (χ4v) is 6.04. The summed E-state index contributed by atoms with van der Waals surface area (Å²) >= 11 is 0. The van der Waals surface area contributed by atoms with Gasteiger partial charge in [-0.05, 0) is 66.8 Å². The number of carbonyl (C=O) groups is 4. The van der Waals surface area contributed by atoms with Crippen LogP contribution < -0.4 is 20.9 Å². The highest BCUT2D eigenvalue weighted by molar-refractivity contribution is 6.37. The molecular weight excluding hydrogens is 532 g/mol. The molecule has 226 valence electrons. The summed E-state index contributed by atoms with van der Waals surface area (Å²) in [6.45, 7) is 8.30. The molecule has 3 amide bonds. The second kappa shape index (κ2) is 13.1. The second-order valence-corrected chi connectivity index (χ2v) is 12.6. The molecule has 2 aromatic rings. The van der Waals surface area contributed by atoms with Crippen molar-refractivity contribution in [2.75, 3.05) is 22.9 Å². The summed E-state index contributed by atoms with van der Waals surface area (Å²) in [6.07, 6.45) is 4.32. The molecule has 9 nitrogen and oxygen atoms in total.